The summed E-state index contributed by atoms with van der Waals surface area (Å²) >= 11 is 0. The Morgan fingerprint density at radius 2 is 1.44 bits per heavy atom. The van der Waals surface area contributed by atoms with Crippen molar-refractivity contribution in [3.8, 4) is 0 Å². The third-order valence-corrected chi connectivity index (χ3v) is 17.2. The van der Waals surface area contributed by atoms with Gasteiger partial charge in [0.2, 0.25) is 7.28 Å². The zero-order chi connectivity index (χ0) is 50.8. The van der Waals surface area contributed by atoms with Gasteiger partial charge in [-0.15, -0.1) is 6.58 Å². The lowest BCUT2D eigenvalue weighted by Crippen LogP contribution is -2.48. The van der Waals surface area contributed by atoms with E-state index in [4.69, 9.17) is 7.16 Å². The molecule has 5 unspecified atom stereocenters. The summed E-state index contributed by atoms with van der Waals surface area (Å²) in [5.74, 6) is 1.81. The molecule has 3 aromatic carbocycles. The Balaban J connectivity index is 1.52. The Morgan fingerprint density at radius 3 is 2.06 bits per heavy atom. The lowest BCUT2D eigenvalue weighted by Gasteiger charge is -2.44. The molecule has 5 atom stereocenters. The number of hydrogen-bond donors (Lipinski definition) is 0. The van der Waals surface area contributed by atoms with Gasteiger partial charge in [-0.05, 0) is 186 Å². The predicted molar refractivity (Wildman–Crippen MR) is 299 cm³/mol. The summed E-state index contributed by atoms with van der Waals surface area (Å²) in [5, 5.41) is 1.19. The highest BCUT2D eigenvalue weighted by Gasteiger charge is 2.41. The molecule has 1 aliphatic heterocycles. The zero-order valence-corrected chi connectivity index (χ0v) is 44.9. The molecule has 0 saturated heterocycles. The van der Waals surface area contributed by atoms with Gasteiger partial charge in [0.05, 0.1) is 30.5 Å². The lowest BCUT2D eigenvalue weighted by atomic mass is 9.62. The van der Waals surface area contributed by atoms with Gasteiger partial charge in [0.25, 0.3) is 0 Å². The van der Waals surface area contributed by atoms with Crippen LogP contribution in [0.2, 0.25) is 0 Å². The molecule has 4 heteroatoms. The molecular weight excluding hydrogens is 824 g/mol. The molecule has 0 spiro atoms. The molecule has 1 radical (unpaired) electrons. The van der Waals surface area contributed by atoms with E-state index in [1.54, 1.807) is 0 Å². The standard InChI is InChI=1S/C64H86BN2O/c1-18-23-44-31-51(42(10)19-2)49(39(5)6)36-57(44)67-48-25-22-24-47(33-48)66(46(21-4)32-45-30-41(9)26-27-62(45,12)13)60-53-34-54-55(64(16,17)29-28-63(54,14)15)38-59(53)68-61(60)65-56-35-52(43(11)20-3)50(40(7)8)37-58(56)67/h18,21-23,25,30-31,33-43,46-47H,4,19-20,24,26-29,32H2,1-3,5-17H3/b23-18+/i1D,18D. The van der Waals surface area contributed by atoms with E-state index in [1.165, 1.54) is 57.2 Å². The first-order valence-corrected chi connectivity index (χ1v) is 26.6. The van der Waals surface area contributed by atoms with Crippen molar-refractivity contribution in [3.05, 3.63) is 130 Å². The maximum Gasteiger partial charge on any atom is 0.246 e. The first-order valence-electron chi connectivity index (χ1n) is 27.8. The lowest BCUT2D eigenvalue weighted by molar-refractivity contribution is 0.328. The second-order valence-corrected chi connectivity index (χ2v) is 24.1. The van der Waals surface area contributed by atoms with Gasteiger partial charge in [0, 0.05) is 18.1 Å². The van der Waals surface area contributed by atoms with Gasteiger partial charge in [-0.1, -0.05) is 151 Å². The van der Waals surface area contributed by atoms with Crippen molar-refractivity contribution in [1.29, 1.82) is 0 Å². The van der Waals surface area contributed by atoms with Crippen LogP contribution in [0, 0.1) is 11.3 Å². The first-order chi connectivity index (χ1) is 33.0. The molecule has 4 aromatic rings. The van der Waals surface area contributed by atoms with Crippen LogP contribution in [0.4, 0.5) is 17.1 Å². The van der Waals surface area contributed by atoms with Crippen LogP contribution in [-0.2, 0) is 10.8 Å². The number of furan rings is 1. The fourth-order valence-electron chi connectivity index (χ4n) is 12.2. The second kappa shape index (κ2) is 19.1. The summed E-state index contributed by atoms with van der Waals surface area (Å²) in [6.07, 6.45) is 22.5. The van der Waals surface area contributed by atoms with Crippen molar-refractivity contribution in [2.75, 3.05) is 9.80 Å². The Hall–Kier alpha value is -4.44. The second-order valence-electron chi connectivity index (χ2n) is 24.1. The van der Waals surface area contributed by atoms with E-state index < -0.39 is 0 Å². The minimum Gasteiger partial charge on any atom is -0.469 e. The monoisotopic (exact) mass is 912 g/mol. The van der Waals surface area contributed by atoms with Gasteiger partial charge in [-0.25, -0.2) is 0 Å². The van der Waals surface area contributed by atoms with Crippen LogP contribution in [0.3, 0.4) is 0 Å². The fraction of sp³-hybridized carbons (Fsp3) is 0.531. The molecule has 4 aliphatic rings. The number of benzene rings is 3. The van der Waals surface area contributed by atoms with Gasteiger partial charge in [0.15, 0.2) is 0 Å². The smallest absolute Gasteiger partial charge is 0.246 e. The van der Waals surface area contributed by atoms with E-state index in [1.807, 2.05) is 6.08 Å². The number of allylic oxidation sites excluding steroid dienone is 3. The quantitative estimate of drug-likeness (QED) is 0.104. The van der Waals surface area contributed by atoms with E-state index >= 15 is 0 Å². The van der Waals surface area contributed by atoms with Crippen molar-refractivity contribution < 1.29 is 7.16 Å². The molecule has 0 saturated carbocycles. The van der Waals surface area contributed by atoms with E-state index in [0.29, 0.717) is 29.7 Å². The van der Waals surface area contributed by atoms with Crippen LogP contribution in [0.25, 0.3) is 17.0 Å². The molecule has 68 heavy (non-hydrogen) atoms. The van der Waals surface area contributed by atoms with E-state index in [2.05, 4.69) is 194 Å². The van der Waals surface area contributed by atoms with Crippen LogP contribution >= 0.6 is 0 Å². The maximum atomic E-state index is 9.02. The minimum atomic E-state index is -0.0780. The normalized spacial score (nSPS) is 22.6. The number of hydrogen-bond acceptors (Lipinski definition) is 3. The largest absolute Gasteiger partial charge is 0.469 e. The summed E-state index contributed by atoms with van der Waals surface area (Å²) < 4.78 is 24.9. The molecular formula is C64H86BN2O. The van der Waals surface area contributed by atoms with Gasteiger partial charge < -0.3 is 14.2 Å². The third-order valence-electron chi connectivity index (χ3n) is 17.2. The van der Waals surface area contributed by atoms with Crippen LogP contribution < -0.4 is 20.9 Å². The Labute approximate surface area is 417 Å². The first kappa shape index (κ1) is 47.3. The Morgan fingerprint density at radius 1 is 0.809 bits per heavy atom. The minimum absolute atomic E-state index is 0.0200. The van der Waals surface area contributed by atoms with Crippen LogP contribution in [0.5, 0.6) is 0 Å². The van der Waals surface area contributed by atoms with Gasteiger partial charge >= 0.3 is 0 Å². The molecule has 361 valence electrons. The topological polar surface area (TPSA) is 19.6 Å². The van der Waals surface area contributed by atoms with Crippen molar-refractivity contribution in [3.63, 3.8) is 0 Å². The zero-order valence-electron chi connectivity index (χ0n) is 46.9. The molecule has 0 fully saturated rings. The highest BCUT2D eigenvalue weighted by molar-refractivity contribution is 6.70. The average molecular weight is 912 g/mol. The maximum absolute atomic E-state index is 9.02. The predicted octanol–water partition coefficient (Wildman–Crippen LogP) is 17.2. The number of nitrogens with zero attached hydrogens (tertiary/aromatic N) is 2. The van der Waals surface area contributed by atoms with Crippen LogP contribution in [0.15, 0.2) is 95.1 Å². The van der Waals surface area contributed by atoms with E-state index in [0.717, 1.165) is 83.6 Å². The number of fused-ring (bicyclic) bond motifs is 6. The molecule has 8 rings (SSSR count). The van der Waals surface area contributed by atoms with E-state index in [9.17, 15) is 0 Å². The highest BCUT2D eigenvalue weighted by atomic mass is 16.3. The summed E-state index contributed by atoms with van der Waals surface area (Å²) in [6.45, 7) is 40.2. The van der Waals surface area contributed by atoms with Crippen molar-refractivity contribution >= 4 is 52.5 Å². The average Bonchev–Trinajstić information content (AvgIpc) is 3.66. The van der Waals surface area contributed by atoms with Crippen LogP contribution in [-0.4, -0.2) is 19.4 Å². The van der Waals surface area contributed by atoms with Crippen molar-refractivity contribution in [1.82, 2.24) is 0 Å². The summed E-state index contributed by atoms with van der Waals surface area (Å²) in [4.78, 5) is 5.23. The molecule has 0 amide bonds. The van der Waals surface area contributed by atoms with Gasteiger partial charge in [0.1, 0.15) is 5.58 Å². The van der Waals surface area contributed by atoms with Gasteiger partial charge in [-0.2, -0.15) is 0 Å². The number of rotatable bonds is 12. The molecule has 2 heterocycles. The molecule has 0 N–H and O–H groups in total. The number of anilines is 3. The fourth-order valence-corrected chi connectivity index (χ4v) is 12.2. The highest BCUT2D eigenvalue weighted by Crippen LogP contribution is 2.50. The molecule has 3 aliphatic carbocycles. The molecule has 2 bridgehead atoms. The summed E-state index contributed by atoms with van der Waals surface area (Å²) in [5.41, 5.74) is 18.3. The Bertz CT molecular complexity index is 2760. The molecule has 1 aromatic heterocycles. The SMILES string of the molecule is [2H]C/C([2H])=C/c1cc(C(C)CC)c(C(C)C)cc1N1C2=CC(CC=C2)N(C(C=C)CC2=CC(C)CCC2(C)C)c2c(oc3cc4c(cc23)C(C)(C)CCC4(C)C)[B]c2cc(C(C)CC)c(C(C)C)cc21. The van der Waals surface area contributed by atoms with Crippen LogP contribution in [0.1, 0.15) is 227 Å². The molecule has 3 nitrogen and oxygen atoms in total. The summed E-state index contributed by atoms with van der Waals surface area (Å²) in [7, 11) is 2.39. The van der Waals surface area contributed by atoms with Crippen molar-refractivity contribution in [2.24, 2.45) is 11.3 Å². The van der Waals surface area contributed by atoms with Gasteiger partial charge in [-0.3, -0.25) is 0 Å². The van der Waals surface area contributed by atoms with Crippen molar-refractivity contribution in [2.45, 2.75) is 209 Å². The van der Waals surface area contributed by atoms with E-state index in [-0.39, 0.29) is 41.1 Å². The Kier molecular flexibility index (Phi) is 13.2. The summed E-state index contributed by atoms with van der Waals surface area (Å²) in [6, 6.07) is 15.0. The third kappa shape index (κ3) is 9.10.